The minimum absolute atomic E-state index is 0.399. The van der Waals surface area contributed by atoms with Gasteiger partial charge in [0.05, 0.1) is 6.54 Å². The largest absolute Gasteiger partial charge is 0.465 e. The molecule has 0 aliphatic heterocycles. The van der Waals surface area contributed by atoms with Crippen molar-refractivity contribution in [3.8, 4) is 0 Å². The van der Waals surface area contributed by atoms with Crippen LogP contribution in [0.5, 0.6) is 0 Å². The molecule has 17 heavy (non-hydrogen) atoms. The fourth-order valence-corrected chi connectivity index (χ4v) is 2.32. The van der Waals surface area contributed by atoms with Gasteiger partial charge in [0.2, 0.25) is 0 Å². The van der Waals surface area contributed by atoms with Gasteiger partial charge >= 0.3 is 6.09 Å². The summed E-state index contributed by atoms with van der Waals surface area (Å²) in [5.74, 6) is 0. The zero-order valence-electron chi connectivity index (χ0n) is 9.46. The van der Waals surface area contributed by atoms with Crippen molar-refractivity contribution in [3.63, 3.8) is 0 Å². The maximum absolute atomic E-state index is 11.3. The molecule has 1 aromatic heterocycles. The van der Waals surface area contributed by atoms with Crippen molar-refractivity contribution in [2.75, 3.05) is 4.90 Å². The second-order valence-electron chi connectivity index (χ2n) is 3.79. The molecule has 0 unspecified atom stereocenters. The minimum atomic E-state index is -0.927. The lowest BCUT2D eigenvalue weighted by Gasteiger charge is -2.18. The van der Waals surface area contributed by atoms with Crippen LogP contribution < -0.4 is 4.90 Å². The summed E-state index contributed by atoms with van der Waals surface area (Å²) in [6, 6.07) is 11.4. The van der Waals surface area contributed by atoms with Crippen LogP contribution in [-0.4, -0.2) is 11.2 Å². The van der Waals surface area contributed by atoms with E-state index in [9.17, 15) is 9.90 Å². The molecule has 0 fully saturated rings. The van der Waals surface area contributed by atoms with Crippen LogP contribution >= 0.6 is 11.3 Å². The number of benzene rings is 1. The van der Waals surface area contributed by atoms with Gasteiger partial charge in [-0.15, -0.1) is 11.3 Å². The van der Waals surface area contributed by atoms with Crippen LogP contribution in [0.15, 0.2) is 41.8 Å². The van der Waals surface area contributed by atoms with Crippen LogP contribution in [0.1, 0.15) is 10.4 Å². The van der Waals surface area contributed by atoms with Crippen molar-refractivity contribution < 1.29 is 9.90 Å². The van der Waals surface area contributed by atoms with Gasteiger partial charge in [-0.25, -0.2) is 4.79 Å². The third kappa shape index (κ3) is 2.85. The van der Waals surface area contributed by atoms with Gasteiger partial charge in [0.15, 0.2) is 0 Å². The Morgan fingerprint density at radius 1 is 1.35 bits per heavy atom. The van der Waals surface area contributed by atoms with Crippen molar-refractivity contribution >= 4 is 23.1 Å². The van der Waals surface area contributed by atoms with E-state index in [1.807, 2.05) is 48.7 Å². The molecule has 88 valence electrons. The Balaban J connectivity index is 2.26. The predicted octanol–water partition coefficient (Wildman–Crippen LogP) is 3.74. The molecule has 1 heterocycles. The molecule has 4 heteroatoms. The highest BCUT2D eigenvalue weighted by Gasteiger charge is 2.15. The SMILES string of the molecule is Cc1cccc(N(Cc2cccs2)C(=O)O)c1. The van der Waals surface area contributed by atoms with Crippen LogP contribution in [0.25, 0.3) is 0 Å². The van der Waals surface area contributed by atoms with E-state index in [0.29, 0.717) is 12.2 Å². The van der Waals surface area contributed by atoms with Gasteiger partial charge in [0.25, 0.3) is 0 Å². The highest BCUT2D eigenvalue weighted by atomic mass is 32.1. The summed E-state index contributed by atoms with van der Waals surface area (Å²) in [7, 11) is 0. The van der Waals surface area contributed by atoms with E-state index >= 15 is 0 Å². The summed E-state index contributed by atoms with van der Waals surface area (Å²) < 4.78 is 0. The Hall–Kier alpha value is -1.81. The first-order valence-corrected chi connectivity index (χ1v) is 6.14. The van der Waals surface area contributed by atoms with Gasteiger partial charge in [-0.05, 0) is 36.1 Å². The van der Waals surface area contributed by atoms with Gasteiger partial charge in [-0.3, -0.25) is 4.90 Å². The second kappa shape index (κ2) is 5.01. The quantitative estimate of drug-likeness (QED) is 0.897. The number of anilines is 1. The van der Waals surface area contributed by atoms with E-state index in [2.05, 4.69) is 0 Å². The predicted molar refractivity (Wildman–Crippen MR) is 69.7 cm³/mol. The number of thiophene rings is 1. The van der Waals surface area contributed by atoms with Crippen LogP contribution in [0.4, 0.5) is 10.5 Å². The van der Waals surface area contributed by atoms with E-state index in [1.165, 1.54) is 4.90 Å². The molecule has 0 aliphatic carbocycles. The lowest BCUT2D eigenvalue weighted by atomic mass is 10.2. The number of amides is 1. The van der Waals surface area contributed by atoms with Crippen molar-refractivity contribution in [3.05, 3.63) is 52.2 Å². The number of aryl methyl sites for hydroxylation is 1. The maximum atomic E-state index is 11.3. The number of carbonyl (C=O) groups is 1. The van der Waals surface area contributed by atoms with Crippen molar-refractivity contribution in [2.24, 2.45) is 0 Å². The molecule has 2 rings (SSSR count). The fourth-order valence-electron chi connectivity index (χ4n) is 1.62. The Kier molecular flexibility index (Phi) is 3.44. The Morgan fingerprint density at radius 2 is 2.18 bits per heavy atom. The van der Waals surface area contributed by atoms with Gasteiger partial charge in [0.1, 0.15) is 0 Å². The van der Waals surface area contributed by atoms with Crippen LogP contribution in [0.2, 0.25) is 0 Å². The first-order chi connectivity index (χ1) is 8.16. The molecule has 1 amide bonds. The molecule has 1 aromatic carbocycles. The normalized spacial score (nSPS) is 10.2. The van der Waals surface area contributed by atoms with E-state index in [1.54, 1.807) is 11.3 Å². The molecule has 0 aliphatic rings. The van der Waals surface area contributed by atoms with Crippen LogP contribution in [-0.2, 0) is 6.54 Å². The average Bonchev–Trinajstić information content (AvgIpc) is 2.78. The molecular formula is C13H13NO2S. The van der Waals surface area contributed by atoms with Crippen LogP contribution in [0, 0.1) is 6.92 Å². The molecule has 0 bridgehead atoms. The average molecular weight is 247 g/mol. The third-order valence-electron chi connectivity index (χ3n) is 2.44. The lowest BCUT2D eigenvalue weighted by molar-refractivity contribution is 0.201. The third-order valence-corrected chi connectivity index (χ3v) is 3.30. The minimum Gasteiger partial charge on any atom is -0.465 e. The van der Waals surface area contributed by atoms with Crippen molar-refractivity contribution in [2.45, 2.75) is 13.5 Å². The summed E-state index contributed by atoms with van der Waals surface area (Å²) in [6.45, 7) is 2.35. The van der Waals surface area contributed by atoms with Gasteiger partial charge in [-0.2, -0.15) is 0 Å². The second-order valence-corrected chi connectivity index (χ2v) is 4.82. The summed E-state index contributed by atoms with van der Waals surface area (Å²) in [6.07, 6.45) is -0.927. The lowest BCUT2D eigenvalue weighted by Crippen LogP contribution is -2.28. The van der Waals surface area contributed by atoms with E-state index in [0.717, 1.165) is 10.4 Å². The van der Waals surface area contributed by atoms with Crippen LogP contribution in [0.3, 0.4) is 0 Å². The summed E-state index contributed by atoms with van der Waals surface area (Å²) in [5, 5.41) is 11.2. The highest BCUT2D eigenvalue weighted by Crippen LogP contribution is 2.20. The number of rotatable bonds is 3. The molecule has 0 spiro atoms. The molecule has 1 N–H and O–H groups in total. The van der Waals surface area contributed by atoms with E-state index < -0.39 is 6.09 Å². The Bertz CT molecular complexity index is 508. The maximum Gasteiger partial charge on any atom is 0.412 e. The molecule has 0 atom stereocenters. The molecule has 3 nitrogen and oxygen atoms in total. The topological polar surface area (TPSA) is 40.5 Å². The van der Waals surface area contributed by atoms with Gasteiger partial charge in [0, 0.05) is 10.6 Å². The number of carboxylic acid groups (broad SMARTS) is 1. The Morgan fingerprint density at radius 3 is 2.76 bits per heavy atom. The molecule has 0 saturated heterocycles. The smallest absolute Gasteiger partial charge is 0.412 e. The molecule has 2 aromatic rings. The molecular weight excluding hydrogens is 234 g/mol. The Labute approximate surface area is 104 Å². The number of hydrogen-bond donors (Lipinski definition) is 1. The first-order valence-electron chi connectivity index (χ1n) is 5.26. The van der Waals surface area contributed by atoms with E-state index in [4.69, 9.17) is 0 Å². The number of hydrogen-bond acceptors (Lipinski definition) is 2. The first kappa shape index (κ1) is 11.7. The van der Waals surface area contributed by atoms with E-state index in [-0.39, 0.29) is 0 Å². The molecule has 0 radical (unpaired) electrons. The monoisotopic (exact) mass is 247 g/mol. The van der Waals surface area contributed by atoms with Crippen molar-refractivity contribution in [1.82, 2.24) is 0 Å². The zero-order valence-corrected chi connectivity index (χ0v) is 10.3. The standard InChI is InChI=1S/C13H13NO2S/c1-10-4-2-5-11(8-10)14(13(15)16)9-12-6-3-7-17-12/h2-8H,9H2,1H3,(H,15,16). The number of nitrogens with zero attached hydrogens (tertiary/aromatic N) is 1. The summed E-state index contributed by atoms with van der Waals surface area (Å²) in [5.41, 5.74) is 1.77. The summed E-state index contributed by atoms with van der Waals surface area (Å²) in [4.78, 5) is 13.7. The zero-order chi connectivity index (χ0) is 12.3. The van der Waals surface area contributed by atoms with Crippen molar-refractivity contribution in [1.29, 1.82) is 0 Å². The summed E-state index contributed by atoms with van der Waals surface area (Å²) >= 11 is 1.56. The fraction of sp³-hybridized carbons (Fsp3) is 0.154. The molecule has 0 saturated carbocycles. The van der Waals surface area contributed by atoms with Gasteiger partial charge < -0.3 is 5.11 Å². The highest BCUT2D eigenvalue weighted by molar-refractivity contribution is 7.09. The van der Waals surface area contributed by atoms with Gasteiger partial charge in [-0.1, -0.05) is 18.2 Å².